The first-order valence-corrected chi connectivity index (χ1v) is 13.1. The molecule has 0 saturated heterocycles. The number of ether oxygens (including phenoxy) is 1. The van der Waals surface area contributed by atoms with Gasteiger partial charge in [-0.3, -0.25) is 19.7 Å². The van der Waals surface area contributed by atoms with Crippen LogP contribution in [0.3, 0.4) is 0 Å². The van der Waals surface area contributed by atoms with Crippen LogP contribution >= 0.6 is 11.6 Å². The van der Waals surface area contributed by atoms with Crippen LogP contribution in [-0.2, 0) is 4.74 Å². The summed E-state index contributed by atoms with van der Waals surface area (Å²) in [6, 6.07) is 4.35. The lowest BCUT2D eigenvalue weighted by atomic mass is 9.59. The van der Waals surface area contributed by atoms with E-state index in [0.717, 1.165) is 12.8 Å². The lowest BCUT2D eigenvalue weighted by molar-refractivity contribution is -0.384. The molecule has 1 aromatic carbocycles. The number of esters is 1. The Bertz CT molecular complexity index is 1410. The number of aromatic nitrogens is 3. The van der Waals surface area contributed by atoms with Crippen LogP contribution < -0.4 is 0 Å². The molecular weight excluding hydrogens is 506 g/mol. The van der Waals surface area contributed by atoms with Gasteiger partial charge in [0.1, 0.15) is 16.7 Å². The fraction of sp³-hybridized carbons (Fsp3) is 0.536. The van der Waals surface area contributed by atoms with Crippen molar-refractivity contribution in [2.75, 3.05) is 0 Å². The molecule has 0 spiro atoms. The van der Waals surface area contributed by atoms with Crippen LogP contribution in [0.5, 0.6) is 0 Å². The zero-order valence-corrected chi connectivity index (χ0v) is 23.6. The van der Waals surface area contributed by atoms with E-state index < -0.39 is 10.9 Å². The fourth-order valence-electron chi connectivity index (χ4n) is 5.68. The molecule has 9 nitrogen and oxygen atoms in total. The highest BCUT2D eigenvalue weighted by Crippen LogP contribution is 2.50. The van der Waals surface area contributed by atoms with Crippen molar-refractivity contribution < 1.29 is 14.5 Å². The number of H-pyrrole nitrogens is 1. The summed E-state index contributed by atoms with van der Waals surface area (Å²) in [5.74, 6) is 0.533. The number of hydrogen-bond acceptors (Lipinski definition) is 5. The number of fused-ring (bicyclic) bond motifs is 1. The van der Waals surface area contributed by atoms with E-state index in [9.17, 15) is 14.9 Å². The first-order chi connectivity index (χ1) is 17.6. The number of benzene rings is 1. The van der Waals surface area contributed by atoms with Crippen molar-refractivity contribution in [1.82, 2.24) is 14.6 Å². The minimum atomic E-state index is -0.582. The normalized spacial score (nSPS) is 22.3. The van der Waals surface area contributed by atoms with Gasteiger partial charge < -0.3 is 4.74 Å². The number of rotatable bonds is 4. The molecule has 202 valence electrons. The van der Waals surface area contributed by atoms with Crippen molar-refractivity contribution in [3.8, 4) is 11.4 Å². The second kappa shape index (κ2) is 9.73. The Balaban J connectivity index is 1.76. The smallest absolute Gasteiger partial charge is 0.331 e. The molecule has 0 radical (unpaired) electrons. The number of nitrogens with one attached hydrogen (secondary N) is 1. The zero-order chi connectivity index (χ0) is 28.2. The molecule has 2 unspecified atom stereocenters. The van der Waals surface area contributed by atoms with E-state index in [4.69, 9.17) is 22.9 Å². The predicted octanol–water partition coefficient (Wildman–Crippen LogP) is 7.72. The average Bonchev–Trinajstić information content (AvgIpc) is 3.36. The molecule has 3 aromatic rings. The summed E-state index contributed by atoms with van der Waals surface area (Å²) in [6.07, 6.45) is 3.09. The summed E-state index contributed by atoms with van der Waals surface area (Å²) in [5.41, 5.74) is 0.471. The van der Waals surface area contributed by atoms with Gasteiger partial charge in [0, 0.05) is 29.7 Å². The molecule has 0 bridgehead atoms. The van der Waals surface area contributed by atoms with E-state index >= 15 is 0 Å². The number of aromatic amines is 1. The van der Waals surface area contributed by atoms with Crippen molar-refractivity contribution >= 4 is 34.6 Å². The molecule has 1 aliphatic carbocycles. The van der Waals surface area contributed by atoms with Gasteiger partial charge >= 0.3 is 5.97 Å². The van der Waals surface area contributed by atoms with Crippen molar-refractivity contribution in [3.05, 3.63) is 56.5 Å². The third-order valence-corrected chi connectivity index (χ3v) is 8.04. The molecule has 1 N–H and O–H groups in total. The topological polar surface area (TPSA) is 107 Å². The lowest BCUT2D eigenvalue weighted by Gasteiger charge is -2.50. The van der Waals surface area contributed by atoms with E-state index in [-0.39, 0.29) is 56.4 Å². The molecule has 1 saturated carbocycles. The molecular formula is C28H34ClN5O4. The highest BCUT2D eigenvalue weighted by molar-refractivity contribution is 6.32. The fourth-order valence-corrected chi connectivity index (χ4v) is 5.87. The van der Waals surface area contributed by atoms with Gasteiger partial charge in [-0.15, -0.1) is 0 Å². The third-order valence-electron chi connectivity index (χ3n) is 7.72. The second-order valence-electron chi connectivity index (χ2n) is 12.6. The van der Waals surface area contributed by atoms with Crippen molar-refractivity contribution in [1.29, 1.82) is 0 Å². The molecule has 1 fully saturated rings. The maximum absolute atomic E-state index is 13.8. The first kappa shape index (κ1) is 27.6. The van der Waals surface area contributed by atoms with Crippen molar-refractivity contribution in [2.24, 2.45) is 28.6 Å². The highest BCUT2D eigenvalue weighted by atomic mass is 35.5. The molecule has 2 atom stereocenters. The van der Waals surface area contributed by atoms with E-state index in [1.54, 1.807) is 6.07 Å². The van der Waals surface area contributed by atoms with Gasteiger partial charge in [-0.1, -0.05) is 60.1 Å². The Labute approximate surface area is 227 Å². The van der Waals surface area contributed by atoms with E-state index in [2.05, 4.69) is 63.4 Å². The summed E-state index contributed by atoms with van der Waals surface area (Å²) >= 11 is 5.96. The van der Waals surface area contributed by atoms with Gasteiger partial charge in [0.25, 0.3) is 5.69 Å². The van der Waals surface area contributed by atoms with Gasteiger partial charge in [0.15, 0.2) is 11.5 Å². The number of carbonyl (C=O) groups is 1. The number of halogens is 1. The Morgan fingerprint density at radius 1 is 1.21 bits per heavy atom. The predicted molar refractivity (Wildman–Crippen MR) is 146 cm³/mol. The minimum Gasteiger partial charge on any atom is -0.459 e. The SMILES string of the molecule is [C-]#[N+]c1cn2[nH]c(-c3ccc(Cl)c([N+](=O)[O-])c3)nc2c1C(=O)OC1C(C(C)(C)C)CC(C)CC1C(C)(C)C. The summed E-state index contributed by atoms with van der Waals surface area (Å²) in [7, 11) is 0. The second-order valence-corrected chi connectivity index (χ2v) is 13.0. The van der Waals surface area contributed by atoms with Gasteiger partial charge in [-0.25, -0.2) is 14.6 Å². The molecule has 2 aromatic heterocycles. The van der Waals surface area contributed by atoms with Gasteiger partial charge in [-0.2, -0.15) is 0 Å². The maximum Gasteiger partial charge on any atom is 0.331 e. The van der Waals surface area contributed by atoms with Crippen LogP contribution in [-0.4, -0.2) is 31.6 Å². The highest BCUT2D eigenvalue weighted by Gasteiger charge is 2.48. The number of nitro groups is 1. The van der Waals surface area contributed by atoms with E-state index in [0.29, 0.717) is 17.3 Å². The van der Waals surface area contributed by atoms with Gasteiger partial charge in [-0.05, 0) is 41.7 Å². The molecule has 38 heavy (non-hydrogen) atoms. The Morgan fingerprint density at radius 3 is 2.34 bits per heavy atom. The van der Waals surface area contributed by atoms with E-state index in [1.165, 1.54) is 22.8 Å². The molecule has 4 rings (SSSR count). The molecule has 2 heterocycles. The summed E-state index contributed by atoms with van der Waals surface area (Å²) in [4.78, 5) is 32.7. The average molecular weight is 540 g/mol. The summed E-state index contributed by atoms with van der Waals surface area (Å²) in [6.45, 7) is 23.0. The number of nitro benzene ring substituents is 1. The van der Waals surface area contributed by atoms with Crippen LogP contribution in [0.1, 0.15) is 71.7 Å². The van der Waals surface area contributed by atoms with Crippen LogP contribution in [0.2, 0.25) is 5.02 Å². The van der Waals surface area contributed by atoms with Gasteiger partial charge in [0.2, 0.25) is 5.69 Å². The lowest BCUT2D eigenvalue weighted by Crippen LogP contribution is -2.49. The monoisotopic (exact) mass is 539 g/mol. The summed E-state index contributed by atoms with van der Waals surface area (Å²) < 4.78 is 7.82. The molecule has 0 aliphatic heterocycles. The molecule has 10 heteroatoms. The van der Waals surface area contributed by atoms with E-state index in [1.807, 2.05) is 0 Å². The standard InChI is InChI=1S/C28H34ClN5O4/c1-15-11-17(27(2,3)4)23(18(12-15)28(5,6)7)38-26(35)22-20(30-8)14-33-25(22)31-24(32-33)16-9-10-19(29)21(13-16)34(36)37/h9-10,13-15,17-18,23H,11-12H2,1-7H3,(H,31,32). The molecule has 1 aliphatic rings. The Hall–Kier alpha value is -3.38. The van der Waals surface area contributed by atoms with Crippen molar-refractivity contribution in [3.63, 3.8) is 0 Å². The van der Waals surface area contributed by atoms with Crippen LogP contribution in [0.15, 0.2) is 24.4 Å². The first-order valence-electron chi connectivity index (χ1n) is 12.8. The number of nitrogens with zero attached hydrogens (tertiary/aromatic N) is 4. The van der Waals surface area contributed by atoms with Crippen LogP contribution in [0.4, 0.5) is 11.4 Å². The maximum atomic E-state index is 13.8. The van der Waals surface area contributed by atoms with Gasteiger partial charge in [0.05, 0.1) is 11.5 Å². The largest absolute Gasteiger partial charge is 0.459 e. The number of hydrogen-bond donors (Lipinski definition) is 1. The number of carbonyl (C=O) groups excluding carboxylic acids is 1. The summed E-state index contributed by atoms with van der Waals surface area (Å²) in [5, 5.41) is 14.4. The third kappa shape index (κ3) is 5.14. The Morgan fingerprint density at radius 2 is 1.82 bits per heavy atom. The Kier molecular flexibility index (Phi) is 7.08. The van der Waals surface area contributed by atoms with Crippen LogP contribution in [0, 0.1) is 45.3 Å². The minimum absolute atomic E-state index is 0.0140. The quantitative estimate of drug-likeness (QED) is 0.158. The van der Waals surface area contributed by atoms with Crippen LogP contribution in [0.25, 0.3) is 21.9 Å². The molecule has 0 amide bonds. The van der Waals surface area contributed by atoms with Crippen molar-refractivity contribution in [2.45, 2.75) is 67.4 Å². The zero-order valence-electron chi connectivity index (χ0n) is 22.8.